The van der Waals surface area contributed by atoms with Crippen LogP contribution in [0.5, 0.6) is 0 Å². The first-order chi connectivity index (χ1) is 19.9. The molecular formula is C33H29F3N2O4. The number of carbonyl (C=O) groups is 3. The van der Waals surface area contributed by atoms with E-state index in [1.807, 2.05) is 35.2 Å². The van der Waals surface area contributed by atoms with E-state index in [0.29, 0.717) is 36.1 Å². The Morgan fingerprint density at radius 3 is 2.14 bits per heavy atom. The number of halogens is 3. The highest BCUT2D eigenvalue weighted by atomic mass is 19.4. The molecule has 0 aromatic heterocycles. The third-order valence-electron chi connectivity index (χ3n) is 9.92. The van der Waals surface area contributed by atoms with E-state index < -0.39 is 34.6 Å². The van der Waals surface area contributed by atoms with Crippen molar-refractivity contribution in [3.05, 3.63) is 89.0 Å². The molecule has 6 nitrogen and oxygen atoms in total. The maximum Gasteiger partial charge on any atom is 0.416 e. The average molecular weight is 575 g/mol. The number of benzene rings is 3. The number of carbonyl (C=O) groups excluding carboxylic acids is 2. The Morgan fingerprint density at radius 1 is 0.881 bits per heavy atom. The summed E-state index contributed by atoms with van der Waals surface area (Å²) in [6, 6.07) is 16.9. The molecule has 9 heteroatoms. The molecule has 2 amide bonds. The van der Waals surface area contributed by atoms with Gasteiger partial charge in [-0.3, -0.25) is 14.4 Å². The minimum absolute atomic E-state index is 0.0326. The van der Waals surface area contributed by atoms with Gasteiger partial charge in [-0.2, -0.15) is 13.2 Å². The second kappa shape index (κ2) is 9.18. The summed E-state index contributed by atoms with van der Waals surface area (Å²) in [5.74, 6) is -0.560. The summed E-state index contributed by atoms with van der Waals surface area (Å²) in [5.41, 5.74) is 1.95. The summed E-state index contributed by atoms with van der Waals surface area (Å²) < 4.78 is 38.4. The van der Waals surface area contributed by atoms with E-state index in [2.05, 4.69) is 5.32 Å². The van der Waals surface area contributed by atoms with Gasteiger partial charge in [0.25, 0.3) is 11.8 Å². The summed E-state index contributed by atoms with van der Waals surface area (Å²) in [6.07, 6.45) is 0.338. The molecule has 4 aliphatic carbocycles. The molecule has 2 N–H and O–H groups in total. The molecule has 0 spiro atoms. The highest BCUT2D eigenvalue weighted by Crippen LogP contribution is 2.64. The maximum atomic E-state index is 13.8. The maximum absolute atomic E-state index is 13.8. The van der Waals surface area contributed by atoms with Gasteiger partial charge in [0.2, 0.25) is 0 Å². The van der Waals surface area contributed by atoms with Crippen molar-refractivity contribution in [2.45, 2.75) is 56.8 Å². The van der Waals surface area contributed by atoms with Crippen LogP contribution in [-0.4, -0.2) is 33.3 Å². The normalized spacial score (nSPS) is 27.7. The van der Waals surface area contributed by atoms with Crippen molar-refractivity contribution in [3.8, 4) is 11.1 Å². The molecule has 1 heterocycles. The molecule has 4 fully saturated rings. The van der Waals surface area contributed by atoms with Gasteiger partial charge in [-0.15, -0.1) is 0 Å². The summed E-state index contributed by atoms with van der Waals surface area (Å²) in [6.45, 7) is 0.499. The predicted octanol–water partition coefficient (Wildman–Crippen LogP) is 7.00. The van der Waals surface area contributed by atoms with Crippen molar-refractivity contribution in [2.24, 2.45) is 17.3 Å². The number of fused-ring (bicyclic) bond motifs is 1. The van der Waals surface area contributed by atoms with Crippen molar-refractivity contribution in [3.63, 3.8) is 0 Å². The van der Waals surface area contributed by atoms with E-state index in [1.54, 1.807) is 12.1 Å². The standard InChI is InChI=1S/C33H29F3N2O4/c34-33(35,36)25-7-3-22(4-8-25)28(39)37-26-9-5-21(6-10-26)23-1-2-24-17-38(29(40)27(24)12-23)32-15-19-11-20(16-32)14-31(13-19,18-32)30(41)42/h1-10,12,19-20H,11,13-18H2,(H,37,39)(H,41,42)/t19-,20+,31?,32?. The summed E-state index contributed by atoms with van der Waals surface area (Å²) in [7, 11) is 0. The van der Waals surface area contributed by atoms with Crippen LogP contribution in [-0.2, 0) is 17.5 Å². The molecule has 1 aliphatic heterocycles. The fourth-order valence-corrected chi connectivity index (χ4v) is 8.40. The number of carboxylic acids is 1. The van der Waals surface area contributed by atoms with Crippen LogP contribution in [0, 0.1) is 17.3 Å². The minimum Gasteiger partial charge on any atom is -0.481 e. The molecule has 3 aromatic rings. The lowest BCUT2D eigenvalue weighted by Crippen LogP contribution is -2.64. The molecule has 8 rings (SSSR count). The van der Waals surface area contributed by atoms with Crippen molar-refractivity contribution < 1.29 is 32.7 Å². The van der Waals surface area contributed by atoms with E-state index in [0.717, 1.165) is 73.1 Å². The molecule has 2 unspecified atom stereocenters. The predicted molar refractivity (Wildman–Crippen MR) is 149 cm³/mol. The van der Waals surface area contributed by atoms with Gasteiger partial charge >= 0.3 is 12.1 Å². The van der Waals surface area contributed by atoms with Gasteiger partial charge < -0.3 is 15.3 Å². The van der Waals surface area contributed by atoms with Crippen LogP contribution >= 0.6 is 0 Å². The number of aliphatic carboxylic acids is 1. The first kappa shape index (κ1) is 26.7. The number of nitrogens with zero attached hydrogens (tertiary/aromatic N) is 1. The van der Waals surface area contributed by atoms with E-state index in [-0.39, 0.29) is 11.5 Å². The average Bonchev–Trinajstić information content (AvgIpc) is 3.29. The zero-order chi connectivity index (χ0) is 29.4. The van der Waals surface area contributed by atoms with Crippen LogP contribution in [0.15, 0.2) is 66.7 Å². The number of alkyl halides is 3. The van der Waals surface area contributed by atoms with Crippen LogP contribution < -0.4 is 5.32 Å². The van der Waals surface area contributed by atoms with E-state index in [9.17, 15) is 32.7 Å². The van der Waals surface area contributed by atoms with Crippen molar-refractivity contribution in [1.29, 1.82) is 0 Å². The lowest BCUT2D eigenvalue weighted by Gasteiger charge is -2.62. The Bertz CT molecular complexity index is 1600. The zero-order valence-corrected chi connectivity index (χ0v) is 22.7. The molecular weight excluding hydrogens is 545 g/mol. The van der Waals surface area contributed by atoms with Crippen LogP contribution in [0.2, 0.25) is 0 Å². The number of amides is 2. The van der Waals surface area contributed by atoms with Gasteiger partial charge in [-0.25, -0.2) is 0 Å². The Labute approximate surface area is 240 Å². The monoisotopic (exact) mass is 574 g/mol. The van der Waals surface area contributed by atoms with Crippen LogP contribution in [0.1, 0.15) is 70.4 Å². The fraction of sp³-hybridized carbons (Fsp3) is 0.364. The van der Waals surface area contributed by atoms with E-state index in [4.69, 9.17) is 0 Å². The van der Waals surface area contributed by atoms with Gasteiger partial charge in [0, 0.05) is 28.9 Å². The summed E-state index contributed by atoms with van der Waals surface area (Å²) >= 11 is 0. The highest BCUT2D eigenvalue weighted by Gasteiger charge is 2.63. The number of hydrogen-bond acceptors (Lipinski definition) is 3. The topological polar surface area (TPSA) is 86.7 Å². The smallest absolute Gasteiger partial charge is 0.416 e. The zero-order valence-electron chi connectivity index (χ0n) is 22.7. The molecule has 5 aliphatic rings. The summed E-state index contributed by atoms with van der Waals surface area (Å²) in [5, 5.41) is 12.8. The fourth-order valence-electron chi connectivity index (χ4n) is 8.40. The number of rotatable bonds is 5. The quantitative estimate of drug-likeness (QED) is 0.344. The third kappa shape index (κ3) is 4.28. The van der Waals surface area contributed by atoms with Crippen LogP contribution in [0.4, 0.5) is 18.9 Å². The van der Waals surface area contributed by atoms with Gasteiger partial charge in [0.05, 0.1) is 11.0 Å². The van der Waals surface area contributed by atoms with Gasteiger partial charge in [0.1, 0.15) is 0 Å². The molecule has 0 saturated heterocycles. The minimum atomic E-state index is -4.47. The number of hydrogen-bond donors (Lipinski definition) is 2. The van der Waals surface area contributed by atoms with E-state index in [1.165, 1.54) is 0 Å². The molecule has 42 heavy (non-hydrogen) atoms. The second-order valence-corrected chi connectivity index (χ2v) is 12.6. The number of anilines is 1. The first-order valence-corrected chi connectivity index (χ1v) is 14.2. The first-order valence-electron chi connectivity index (χ1n) is 14.2. The van der Waals surface area contributed by atoms with Crippen LogP contribution in [0.3, 0.4) is 0 Å². The number of carboxylic acid groups (broad SMARTS) is 1. The van der Waals surface area contributed by atoms with Gasteiger partial charge in [-0.1, -0.05) is 24.3 Å². The van der Waals surface area contributed by atoms with Gasteiger partial charge in [-0.05, 0) is 110 Å². The van der Waals surface area contributed by atoms with Crippen LogP contribution in [0.25, 0.3) is 11.1 Å². The van der Waals surface area contributed by atoms with Crippen molar-refractivity contribution in [2.75, 3.05) is 5.32 Å². The Kier molecular flexibility index (Phi) is 5.84. The Balaban J connectivity index is 1.07. The largest absolute Gasteiger partial charge is 0.481 e. The third-order valence-corrected chi connectivity index (χ3v) is 9.92. The Hall–Kier alpha value is -4.14. The second-order valence-electron chi connectivity index (χ2n) is 12.6. The van der Waals surface area contributed by atoms with Crippen molar-refractivity contribution >= 4 is 23.5 Å². The molecule has 3 aromatic carbocycles. The number of nitrogens with one attached hydrogen (secondary N) is 1. The lowest BCUT2D eigenvalue weighted by molar-refractivity contribution is -0.175. The molecule has 216 valence electrons. The van der Waals surface area contributed by atoms with Crippen molar-refractivity contribution in [1.82, 2.24) is 4.90 Å². The summed E-state index contributed by atoms with van der Waals surface area (Å²) in [4.78, 5) is 40.7. The Morgan fingerprint density at radius 2 is 1.52 bits per heavy atom. The van der Waals surface area contributed by atoms with Gasteiger partial charge in [0.15, 0.2) is 0 Å². The molecule has 4 saturated carbocycles. The molecule has 4 atom stereocenters. The lowest BCUT2D eigenvalue weighted by atomic mass is 9.46. The SMILES string of the molecule is O=C(Nc1ccc(-c2ccc3c(c2)C(=O)N(C24C[C@@H]5C[C@@H](CC(C(=O)O)(C5)C2)C4)C3)cc1)c1ccc(C(F)(F)F)cc1. The molecule has 4 bridgehead atoms. The highest BCUT2D eigenvalue weighted by molar-refractivity contribution is 6.04. The van der Waals surface area contributed by atoms with E-state index >= 15 is 0 Å². The molecule has 0 radical (unpaired) electrons.